The third kappa shape index (κ3) is 3.30. The molecular weight excluding hydrogens is 240 g/mol. The zero-order valence-electron chi connectivity index (χ0n) is 9.06. The lowest BCUT2D eigenvalue weighted by Crippen LogP contribution is -2.17. The third-order valence-electron chi connectivity index (χ3n) is 2.26. The van der Waals surface area contributed by atoms with Crippen molar-refractivity contribution < 1.29 is 0 Å². The summed E-state index contributed by atoms with van der Waals surface area (Å²) in [5.74, 6) is 0. The van der Waals surface area contributed by atoms with E-state index in [9.17, 15) is 0 Å². The minimum atomic E-state index is 0.791. The summed E-state index contributed by atoms with van der Waals surface area (Å²) < 4.78 is 0. The van der Waals surface area contributed by atoms with Crippen molar-refractivity contribution in [2.75, 3.05) is 7.05 Å². The molecule has 84 valence electrons. The van der Waals surface area contributed by atoms with Gasteiger partial charge in [-0.15, -0.1) is 11.3 Å². The van der Waals surface area contributed by atoms with E-state index < -0.39 is 0 Å². The smallest absolute Gasteiger partial charge is 0.0795 e. The monoisotopic (exact) mass is 252 g/mol. The van der Waals surface area contributed by atoms with Crippen molar-refractivity contribution in [2.45, 2.75) is 13.1 Å². The Balaban J connectivity index is 1.94. The molecule has 0 N–H and O–H groups in total. The lowest BCUT2D eigenvalue weighted by Gasteiger charge is -2.15. The fraction of sp³-hybridized carbons (Fsp3) is 0.250. The van der Waals surface area contributed by atoms with Crippen LogP contribution in [-0.4, -0.2) is 16.9 Å². The maximum atomic E-state index is 5.94. The number of halogens is 1. The van der Waals surface area contributed by atoms with Crippen molar-refractivity contribution in [1.82, 2.24) is 9.88 Å². The predicted molar refractivity (Wildman–Crippen MR) is 68.7 cm³/mol. The van der Waals surface area contributed by atoms with Gasteiger partial charge in [-0.25, -0.2) is 4.98 Å². The summed E-state index contributed by atoms with van der Waals surface area (Å²) in [5, 5.41) is 2.87. The Labute approximate surface area is 105 Å². The van der Waals surface area contributed by atoms with E-state index in [1.54, 1.807) is 11.3 Å². The first-order chi connectivity index (χ1) is 7.74. The summed E-state index contributed by atoms with van der Waals surface area (Å²) in [6.07, 6.45) is 0. The zero-order chi connectivity index (χ0) is 11.4. The van der Waals surface area contributed by atoms with Gasteiger partial charge in [0.1, 0.15) is 0 Å². The molecule has 0 spiro atoms. The fourth-order valence-electron chi connectivity index (χ4n) is 1.60. The van der Waals surface area contributed by atoms with Crippen molar-refractivity contribution >= 4 is 22.9 Å². The molecule has 0 bridgehead atoms. The molecule has 1 heterocycles. The molecule has 2 nitrogen and oxygen atoms in total. The van der Waals surface area contributed by atoms with E-state index >= 15 is 0 Å². The Bertz CT molecular complexity index is 442. The maximum absolute atomic E-state index is 5.94. The lowest BCUT2D eigenvalue weighted by atomic mass is 10.2. The predicted octanol–water partition coefficient (Wildman–Crippen LogP) is 3.43. The zero-order valence-corrected chi connectivity index (χ0v) is 10.6. The van der Waals surface area contributed by atoms with Crippen LogP contribution >= 0.6 is 22.9 Å². The summed E-state index contributed by atoms with van der Waals surface area (Å²) in [6.45, 7) is 1.76. The highest BCUT2D eigenvalue weighted by atomic mass is 35.5. The molecule has 0 fully saturated rings. The molecule has 0 saturated heterocycles. The Hall–Kier alpha value is -0.900. The maximum Gasteiger partial charge on any atom is 0.0795 e. The van der Waals surface area contributed by atoms with E-state index in [0.717, 1.165) is 23.8 Å². The average molecular weight is 253 g/mol. The first kappa shape index (κ1) is 11.6. The van der Waals surface area contributed by atoms with Crippen molar-refractivity contribution in [1.29, 1.82) is 0 Å². The first-order valence-corrected chi connectivity index (χ1v) is 6.36. The van der Waals surface area contributed by atoms with Gasteiger partial charge in [-0.1, -0.05) is 23.7 Å². The molecule has 2 rings (SSSR count). The summed E-state index contributed by atoms with van der Waals surface area (Å²) in [4.78, 5) is 6.49. The molecular formula is C12H13ClN2S. The van der Waals surface area contributed by atoms with Crippen molar-refractivity contribution in [2.24, 2.45) is 0 Å². The molecule has 0 aliphatic heterocycles. The van der Waals surface area contributed by atoms with E-state index in [0.29, 0.717) is 0 Å². The van der Waals surface area contributed by atoms with Crippen molar-refractivity contribution in [3.63, 3.8) is 0 Å². The van der Waals surface area contributed by atoms with Crippen LogP contribution in [0.4, 0.5) is 0 Å². The second kappa shape index (κ2) is 5.43. The van der Waals surface area contributed by atoms with Crippen molar-refractivity contribution in [3.8, 4) is 0 Å². The topological polar surface area (TPSA) is 16.1 Å². The highest BCUT2D eigenvalue weighted by molar-refractivity contribution is 7.07. The Morgan fingerprint density at radius 2 is 2.25 bits per heavy atom. The molecule has 1 aromatic heterocycles. The minimum Gasteiger partial charge on any atom is -0.296 e. The molecule has 2 aromatic rings. The van der Waals surface area contributed by atoms with Crippen molar-refractivity contribution in [3.05, 3.63) is 51.4 Å². The molecule has 0 atom stereocenters. The van der Waals surface area contributed by atoms with Gasteiger partial charge in [-0.3, -0.25) is 4.90 Å². The number of hydrogen-bond acceptors (Lipinski definition) is 3. The Morgan fingerprint density at radius 1 is 1.38 bits per heavy atom. The molecule has 0 amide bonds. The van der Waals surface area contributed by atoms with Crippen LogP contribution < -0.4 is 0 Å². The van der Waals surface area contributed by atoms with E-state index in [2.05, 4.69) is 28.4 Å². The standard InChI is InChI=1S/C12H13ClN2S/c1-15(7-12-8-16-9-14-12)6-10-3-2-4-11(13)5-10/h2-5,8-9H,6-7H2,1H3. The second-order valence-electron chi connectivity index (χ2n) is 3.78. The number of nitrogens with zero attached hydrogens (tertiary/aromatic N) is 2. The summed E-state index contributed by atoms with van der Waals surface area (Å²) in [7, 11) is 2.08. The highest BCUT2D eigenvalue weighted by Gasteiger charge is 2.03. The molecule has 16 heavy (non-hydrogen) atoms. The second-order valence-corrected chi connectivity index (χ2v) is 4.94. The lowest BCUT2D eigenvalue weighted by molar-refractivity contribution is 0.316. The van der Waals surface area contributed by atoms with Gasteiger partial charge in [-0.05, 0) is 24.7 Å². The molecule has 4 heteroatoms. The molecule has 0 aliphatic rings. The number of benzene rings is 1. The van der Waals surface area contributed by atoms with Gasteiger partial charge < -0.3 is 0 Å². The minimum absolute atomic E-state index is 0.791. The van der Waals surface area contributed by atoms with Crippen LogP contribution in [0.1, 0.15) is 11.3 Å². The highest BCUT2D eigenvalue weighted by Crippen LogP contribution is 2.13. The summed E-state index contributed by atoms with van der Waals surface area (Å²) in [6, 6.07) is 7.96. The van der Waals surface area contributed by atoms with Crippen LogP contribution in [0.25, 0.3) is 0 Å². The number of rotatable bonds is 4. The van der Waals surface area contributed by atoms with E-state index in [1.807, 2.05) is 23.7 Å². The summed E-state index contributed by atoms with van der Waals surface area (Å²) in [5.41, 5.74) is 4.21. The van der Waals surface area contributed by atoms with E-state index in [1.165, 1.54) is 5.56 Å². The van der Waals surface area contributed by atoms with Crippen LogP contribution in [0.15, 0.2) is 35.2 Å². The number of hydrogen-bond donors (Lipinski definition) is 0. The van der Waals surface area contributed by atoms with Crippen LogP contribution in [0, 0.1) is 0 Å². The van der Waals surface area contributed by atoms with Gasteiger partial charge in [-0.2, -0.15) is 0 Å². The number of thiazole rings is 1. The van der Waals surface area contributed by atoms with Crippen LogP contribution in [0.5, 0.6) is 0 Å². The van der Waals surface area contributed by atoms with Crippen LogP contribution in [0.2, 0.25) is 5.02 Å². The van der Waals surface area contributed by atoms with Gasteiger partial charge in [0.2, 0.25) is 0 Å². The van der Waals surface area contributed by atoms with Gasteiger partial charge in [0.25, 0.3) is 0 Å². The van der Waals surface area contributed by atoms with Gasteiger partial charge >= 0.3 is 0 Å². The summed E-state index contributed by atoms with van der Waals surface area (Å²) >= 11 is 7.57. The van der Waals surface area contributed by atoms with Gasteiger partial charge in [0.15, 0.2) is 0 Å². The normalized spacial score (nSPS) is 10.9. The average Bonchev–Trinajstić information content (AvgIpc) is 2.70. The SMILES string of the molecule is CN(Cc1cccc(Cl)c1)Cc1cscn1. The molecule has 0 saturated carbocycles. The third-order valence-corrected chi connectivity index (χ3v) is 3.13. The number of aromatic nitrogens is 1. The molecule has 0 radical (unpaired) electrons. The largest absolute Gasteiger partial charge is 0.296 e. The van der Waals surface area contributed by atoms with Crippen LogP contribution in [0.3, 0.4) is 0 Å². The van der Waals surface area contributed by atoms with E-state index in [-0.39, 0.29) is 0 Å². The van der Waals surface area contributed by atoms with Crippen LogP contribution in [-0.2, 0) is 13.1 Å². The molecule has 0 aliphatic carbocycles. The van der Waals surface area contributed by atoms with Gasteiger partial charge in [0, 0.05) is 23.5 Å². The Morgan fingerprint density at radius 3 is 2.94 bits per heavy atom. The first-order valence-electron chi connectivity index (χ1n) is 5.04. The van der Waals surface area contributed by atoms with E-state index in [4.69, 9.17) is 11.6 Å². The molecule has 0 unspecified atom stereocenters. The quantitative estimate of drug-likeness (QED) is 0.829. The molecule has 1 aromatic carbocycles. The Kier molecular flexibility index (Phi) is 3.93. The van der Waals surface area contributed by atoms with Gasteiger partial charge in [0.05, 0.1) is 11.2 Å². The fourth-order valence-corrected chi connectivity index (χ4v) is 2.36.